The van der Waals surface area contributed by atoms with Gasteiger partial charge in [-0.2, -0.15) is 13.2 Å². The quantitative estimate of drug-likeness (QED) is 0.715. The van der Waals surface area contributed by atoms with Crippen LogP contribution in [0.2, 0.25) is 0 Å². The fraction of sp³-hybridized carbons (Fsp3) is 0.400. The Hall–Kier alpha value is -1.10. The Morgan fingerprint density at radius 3 is 2.27 bits per heavy atom. The first-order chi connectivity index (χ1) is 6.97. The third-order valence-electron chi connectivity index (χ3n) is 2.50. The number of halogens is 4. The molecule has 5 heteroatoms. The van der Waals surface area contributed by atoms with E-state index in [4.69, 9.17) is 0 Å². The Morgan fingerprint density at radius 2 is 1.80 bits per heavy atom. The molecule has 0 radical (unpaired) electrons. The normalized spacial score (nSPS) is 17.6. The molecule has 1 heterocycles. The van der Waals surface area contributed by atoms with E-state index < -0.39 is 17.6 Å². The SMILES string of the molecule is Fc1cc(C2CNC2)cc(C(F)(F)F)c1. The van der Waals surface area contributed by atoms with Crippen LogP contribution in [0, 0.1) is 5.82 Å². The molecule has 0 spiro atoms. The van der Waals surface area contributed by atoms with Gasteiger partial charge in [0.05, 0.1) is 5.56 Å². The molecule has 1 aromatic carbocycles. The second kappa shape index (κ2) is 3.48. The number of benzene rings is 1. The van der Waals surface area contributed by atoms with Crippen molar-refractivity contribution >= 4 is 0 Å². The van der Waals surface area contributed by atoms with Gasteiger partial charge in [0.1, 0.15) is 5.82 Å². The molecule has 0 bridgehead atoms. The molecule has 1 nitrogen and oxygen atoms in total. The molecular weight excluding hydrogens is 210 g/mol. The van der Waals surface area contributed by atoms with Gasteiger partial charge in [-0.25, -0.2) is 4.39 Å². The number of nitrogens with one attached hydrogen (secondary N) is 1. The lowest BCUT2D eigenvalue weighted by Gasteiger charge is -2.28. The summed E-state index contributed by atoms with van der Waals surface area (Å²) in [5.41, 5.74) is -0.495. The van der Waals surface area contributed by atoms with Crippen molar-refractivity contribution in [2.24, 2.45) is 0 Å². The minimum Gasteiger partial charge on any atom is -0.315 e. The molecule has 0 amide bonds. The summed E-state index contributed by atoms with van der Waals surface area (Å²) < 4.78 is 50.0. The third-order valence-corrected chi connectivity index (χ3v) is 2.50. The first-order valence-electron chi connectivity index (χ1n) is 4.55. The van der Waals surface area contributed by atoms with E-state index in [9.17, 15) is 17.6 Å². The van der Waals surface area contributed by atoms with Crippen molar-refractivity contribution in [1.29, 1.82) is 0 Å². The van der Waals surface area contributed by atoms with Gasteiger partial charge >= 0.3 is 6.18 Å². The zero-order chi connectivity index (χ0) is 11.1. The predicted octanol–water partition coefficient (Wildman–Crippen LogP) is 2.53. The maximum atomic E-state index is 13.0. The molecule has 0 aliphatic carbocycles. The lowest BCUT2D eigenvalue weighted by molar-refractivity contribution is -0.137. The van der Waals surface area contributed by atoms with E-state index >= 15 is 0 Å². The summed E-state index contributed by atoms with van der Waals surface area (Å²) in [6.07, 6.45) is -4.48. The van der Waals surface area contributed by atoms with Crippen LogP contribution in [0.25, 0.3) is 0 Å². The van der Waals surface area contributed by atoms with Crippen molar-refractivity contribution in [2.45, 2.75) is 12.1 Å². The highest BCUT2D eigenvalue weighted by atomic mass is 19.4. The second-order valence-electron chi connectivity index (χ2n) is 3.63. The smallest absolute Gasteiger partial charge is 0.315 e. The molecule has 1 aromatic rings. The minimum atomic E-state index is -4.48. The van der Waals surface area contributed by atoms with Crippen LogP contribution in [0.15, 0.2) is 18.2 Å². The van der Waals surface area contributed by atoms with E-state index in [1.807, 2.05) is 0 Å². The molecule has 0 saturated carbocycles. The molecule has 0 atom stereocenters. The van der Waals surface area contributed by atoms with Gasteiger partial charge in [-0.15, -0.1) is 0 Å². The van der Waals surface area contributed by atoms with Crippen molar-refractivity contribution in [1.82, 2.24) is 5.32 Å². The predicted molar refractivity (Wildman–Crippen MR) is 47.0 cm³/mol. The molecule has 1 saturated heterocycles. The Bertz CT molecular complexity index is 368. The molecule has 1 aliphatic heterocycles. The van der Waals surface area contributed by atoms with Crippen molar-refractivity contribution in [3.05, 3.63) is 35.1 Å². The summed E-state index contributed by atoms with van der Waals surface area (Å²) in [6, 6.07) is 2.71. The van der Waals surface area contributed by atoms with Crippen LogP contribution >= 0.6 is 0 Å². The average molecular weight is 219 g/mol. The molecule has 15 heavy (non-hydrogen) atoms. The Labute approximate surface area is 84.1 Å². The van der Waals surface area contributed by atoms with Crippen LogP contribution < -0.4 is 5.32 Å². The Morgan fingerprint density at radius 1 is 1.13 bits per heavy atom. The average Bonchev–Trinajstić information content (AvgIpc) is 1.97. The highest BCUT2D eigenvalue weighted by molar-refractivity contribution is 5.31. The molecule has 1 aliphatic rings. The summed E-state index contributed by atoms with van der Waals surface area (Å²) in [7, 11) is 0. The molecule has 1 fully saturated rings. The Balaban J connectivity index is 2.36. The van der Waals surface area contributed by atoms with Gasteiger partial charge in [0, 0.05) is 19.0 Å². The number of hydrogen-bond acceptors (Lipinski definition) is 1. The summed E-state index contributed by atoms with van der Waals surface area (Å²) in [6.45, 7) is 1.22. The highest BCUT2D eigenvalue weighted by Gasteiger charge is 2.32. The van der Waals surface area contributed by atoms with E-state index in [2.05, 4.69) is 5.32 Å². The summed E-state index contributed by atoms with van der Waals surface area (Å²) in [5, 5.41) is 2.93. The van der Waals surface area contributed by atoms with Gasteiger partial charge in [0.2, 0.25) is 0 Å². The molecular formula is C10H9F4N. The summed E-state index contributed by atoms with van der Waals surface area (Å²) in [4.78, 5) is 0. The zero-order valence-electron chi connectivity index (χ0n) is 7.74. The van der Waals surface area contributed by atoms with Gasteiger partial charge in [-0.1, -0.05) is 0 Å². The van der Waals surface area contributed by atoms with Crippen molar-refractivity contribution in [2.75, 3.05) is 13.1 Å². The minimum absolute atomic E-state index is 0.00167. The molecule has 0 aromatic heterocycles. The molecule has 82 valence electrons. The van der Waals surface area contributed by atoms with Gasteiger partial charge in [0.25, 0.3) is 0 Å². The van der Waals surface area contributed by atoms with Gasteiger partial charge in [-0.3, -0.25) is 0 Å². The van der Waals surface area contributed by atoms with Crippen molar-refractivity contribution < 1.29 is 17.6 Å². The van der Waals surface area contributed by atoms with Crippen molar-refractivity contribution in [3.63, 3.8) is 0 Å². The molecule has 2 rings (SSSR count). The van der Waals surface area contributed by atoms with Crippen LogP contribution in [0.1, 0.15) is 17.0 Å². The monoisotopic (exact) mass is 219 g/mol. The maximum absolute atomic E-state index is 13.0. The van der Waals surface area contributed by atoms with Gasteiger partial charge in [-0.05, 0) is 23.8 Å². The Kier molecular flexibility index (Phi) is 2.42. The van der Waals surface area contributed by atoms with E-state index in [1.54, 1.807) is 0 Å². The fourth-order valence-corrected chi connectivity index (χ4v) is 1.54. The maximum Gasteiger partial charge on any atom is 0.416 e. The number of alkyl halides is 3. The van der Waals surface area contributed by atoms with Crippen LogP contribution in [0.3, 0.4) is 0 Å². The largest absolute Gasteiger partial charge is 0.416 e. The van der Waals surface area contributed by atoms with E-state index in [-0.39, 0.29) is 5.92 Å². The van der Waals surface area contributed by atoms with Crippen LogP contribution in [-0.4, -0.2) is 13.1 Å². The third kappa shape index (κ3) is 2.12. The van der Waals surface area contributed by atoms with Gasteiger partial charge in [0.15, 0.2) is 0 Å². The molecule has 1 N–H and O–H groups in total. The standard InChI is InChI=1S/C10H9F4N/c11-9-2-6(7-4-15-5-7)1-8(3-9)10(12,13)14/h1-3,7,15H,4-5H2. The highest BCUT2D eigenvalue weighted by Crippen LogP contribution is 2.32. The van der Waals surface area contributed by atoms with E-state index in [1.165, 1.54) is 6.07 Å². The molecule has 0 unspecified atom stereocenters. The lowest BCUT2D eigenvalue weighted by Crippen LogP contribution is -2.40. The van der Waals surface area contributed by atoms with Gasteiger partial charge < -0.3 is 5.32 Å². The second-order valence-corrected chi connectivity index (χ2v) is 3.63. The van der Waals surface area contributed by atoms with Crippen LogP contribution in [-0.2, 0) is 6.18 Å². The number of hydrogen-bond donors (Lipinski definition) is 1. The topological polar surface area (TPSA) is 12.0 Å². The first kappa shape index (κ1) is 10.4. The summed E-state index contributed by atoms with van der Waals surface area (Å²) in [5.74, 6) is -0.825. The number of rotatable bonds is 1. The van der Waals surface area contributed by atoms with Crippen molar-refractivity contribution in [3.8, 4) is 0 Å². The first-order valence-corrected chi connectivity index (χ1v) is 4.55. The fourth-order valence-electron chi connectivity index (χ4n) is 1.54. The van der Waals surface area contributed by atoms with Crippen LogP contribution in [0.5, 0.6) is 0 Å². The zero-order valence-corrected chi connectivity index (χ0v) is 7.74. The van der Waals surface area contributed by atoms with E-state index in [0.29, 0.717) is 24.7 Å². The summed E-state index contributed by atoms with van der Waals surface area (Å²) >= 11 is 0. The van der Waals surface area contributed by atoms with E-state index in [0.717, 1.165) is 6.07 Å². The van der Waals surface area contributed by atoms with Crippen LogP contribution in [0.4, 0.5) is 17.6 Å². The lowest BCUT2D eigenvalue weighted by atomic mass is 9.92.